The van der Waals surface area contributed by atoms with Gasteiger partial charge in [0.2, 0.25) is 0 Å². The third-order valence-electron chi connectivity index (χ3n) is 5.20. The SMILES string of the molecule is N#Cc1c(N2CCC(c3ccc(Cl)cc3)CC2)nn2c(=O)c(C(F)(F)F)c[nH]c12. The summed E-state index contributed by atoms with van der Waals surface area (Å²) in [4.78, 5) is 16.5. The predicted octanol–water partition coefficient (Wildman–Crippen LogP) is 3.95. The van der Waals surface area contributed by atoms with Crippen molar-refractivity contribution in [3.8, 4) is 6.07 Å². The summed E-state index contributed by atoms with van der Waals surface area (Å²) in [5.74, 6) is 0.527. The molecule has 1 N–H and O–H groups in total. The van der Waals surface area contributed by atoms with Crippen molar-refractivity contribution in [2.75, 3.05) is 18.0 Å². The lowest BCUT2D eigenvalue weighted by atomic mass is 9.89. The van der Waals surface area contributed by atoms with E-state index in [1.165, 1.54) is 0 Å². The van der Waals surface area contributed by atoms with Gasteiger partial charge in [-0.25, -0.2) is 0 Å². The third-order valence-corrected chi connectivity index (χ3v) is 5.45. The van der Waals surface area contributed by atoms with E-state index in [1.807, 2.05) is 35.2 Å². The van der Waals surface area contributed by atoms with E-state index in [0.29, 0.717) is 34.7 Å². The second-order valence-corrected chi connectivity index (χ2v) is 7.33. The maximum Gasteiger partial charge on any atom is 0.423 e. The van der Waals surface area contributed by atoms with Gasteiger partial charge >= 0.3 is 6.18 Å². The van der Waals surface area contributed by atoms with E-state index in [4.69, 9.17) is 11.6 Å². The van der Waals surface area contributed by atoms with Gasteiger partial charge in [0.1, 0.15) is 17.2 Å². The maximum atomic E-state index is 13.0. The molecule has 0 bridgehead atoms. The average Bonchev–Trinajstić information content (AvgIpc) is 3.07. The first-order valence-electron chi connectivity index (χ1n) is 8.91. The average molecular weight is 422 g/mol. The number of fused-ring (bicyclic) bond motifs is 1. The van der Waals surface area contributed by atoms with Crippen molar-refractivity contribution in [1.29, 1.82) is 5.26 Å². The summed E-state index contributed by atoms with van der Waals surface area (Å²) in [6, 6.07) is 9.59. The molecular weight excluding hydrogens is 407 g/mol. The Balaban J connectivity index is 1.65. The van der Waals surface area contributed by atoms with Gasteiger partial charge in [-0.05, 0) is 36.5 Å². The van der Waals surface area contributed by atoms with Crippen molar-refractivity contribution in [3.63, 3.8) is 0 Å². The molecule has 4 rings (SSSR count). The van der Waals surface area contributed by atoms with E-state index in [9.17, 15) is 23.2 Å². The van der Waals surface area contributed by atoms with Gasteiger partial charge in [0.25, 0.3) is 5.56 Å². The first kappa shape index (κ1) is 19.3. The van der Waals surface area contributed by atoms with Crippen LogP contribution in [0.3, 0.4) is 0 Å². The van der Waals surface area contributed by atoms with Crippen molar-refractivity contribution in [1.82, 2.24) is 14.6 Å². The zero-order valence-corrected chi connectivity index (χ0v) is 15.8. The number of alkyl halides is 3. The van der Waals surface area contributed by atoms with Crippen LogP contribution in [0.1, 0.15) is 35.4 Å². The Morgan fingerprint density at radius 2 is 1.86 bits per heavy atom. The number of benzene rings is 1. The lowest BCUT2D eigenvalue weighted by molar-refractivity contribution is -0.139. The number of aromatic nitrogens is 3. The lowest BCUT2D eigenvalue weighted by Crippen LogP contribution is -2.34. The van der Waals surface area contributed by atoms with Gasteiger partial charge in [-0.15, -0.1) is 5.10 Å². The molecule has 1 aromatic carbocycles. The molecule has 0 atom stereocenters. The topological polar surface area (TPSA) is 77.2 Å². The van der Waals surface area contributed by atoms with Crippen LogP contribution < -0.4 is 10.5 Å². The second-order valence-electron chi connectivity index (χ2n) is 6.89. The summed E-state index contributed by atoms with van der Waals surface area (Å²) in [6.07, 6.45) is -2.67. The Hall–Kier alpha value is -2.99. The molecule has 0 aliphatic carbocycles. The van der Waals surface area contributed by atoms with Crippen molar-refractivity contribution in [2.45, 2.75) is 24.9 Å². The smallest absolute Gasteiger partial charge is 0.354 e. The van der Waals surface area contributed by atoms with Gasteiger partial charge < -0.3 is 9.88 Å². The van der Waals surface area contributed by atoms with E-state index < -0.39 is 17.3 Å². The fourth-order valence-corrected chi connectivity index (χ4v) is 3.82. The third kappa shape index (κ3) is 3.44. The minimum atomic E-state index is -4.81. The number of nitrogens with zero attached hydrogens (tertiary/aromatic N) is 4. The summed E-state index contributed by atoms with van der Waals surface area (Å²) in [5, 5.41) is 14.2. The first-order chi connectivity index (χ1) is 13.8. The normalized spacial score (nSPS) is 15.6. The fourth-order valence-electron chi connectivity index (χ4n) is 3.69. The van der Waals surface area contributed by atoms with Crippen LogP contribution in [-0.2, 0) is 6.18 Å². The van der Waals surface area contributed by atoms with Crippen molar-refractivity contribution in [2.24, 2.45) is 0 Å². The number of aromatic amines is 1. The number of nitrogens with one attached hydrogen (secondary N) is 1. The quantitative estimate of drug-likeness (QED) is 0.679. The minimum Gasteiger partial charge on any atom is -0.354 e. The van der Waals surface area contributed by atoms with E-state index in [1.54, 1.807) is 0 Å². The predicted molar refractivity (Wildman–Crippen MR) is 101 cm³/mol. The van der Waals surface area contributed by atoms with Crippen molar-refractivity contribution in [3.05, 3.63) is 62.5 Å². The second kappa shape index (κ2) is 7.12. The van der Waals surface area contributed by atoms with Crippen LogP contribution in [0.25, 0.3) is 5.65 Å². The molecule has 0 unspecified atom stereocenters. The molecule has 3 heterocycles. The van der Waals surface area contributed by atoms with Crippen LogP contribution in [0, 0.1) is 11.3 Å². The van der Waals surface area contributed by atoms with Crippen LogP contribution in [0.4, 0.5) is 19.0 Å². The molecule has 1 saturated heterocycles. The summed E-state index contributed by atoms with van der Waals surface area (Å²) < 4.78 is 39.6. The van der Waals surface area contributed by atoms with E-state index in [-0.39, 0.29) is 17.0 Å². The van der Waals surface area contributed by atoms with Crippen molar-refractivity contribution >= 4 is 23.1 Å². The number of hydrogen-bond acceptors (Lipinski definition) is 4. The van der Waals surface area contributed by atoms with Gasteiger partial charge in [0.15, 0.2) is 11.5 Å². The first-order valence-corrected chi connectivity index (χ1v) is 9.29. The fraction of sp³-hybridized carbons (Fsp3) is 0.316. The molecule has 1 aliphatic heterocycles. The van der Waals surface area contributed by atoms with Gasteiger partial charge in [-0.3, -0.25) is 4.79 Å². The van der Waals surface area contributed by atoms with Gasteiger partial charge in [-0.2, -0.15) is 22.9 Å². The number of hydrogen-bond donors (Lipinski definition) is 1. The number of rotatable bonds is 2. The highest BCUT2D eigenvalue weighted by atomic mass is 35.5. The van der Waals surface area contributed by atoms with Gasteiger partial charge in [0, 0.05) is 24.3 Å². The summed E-state index contributed by atoms with van der Waals surface area (Å²) >= 11 is 5.93. The van der Waals surface area contributed by atoms with Gasteiger partial charge in [-0.1, -0.05) is 23.7 Å². The molecule has 29 heavy (non-hydrogen) atoms. The van der Waals surface area contributed by atoms with E-state index in [0.717, 1.165) is 18.4 Å². The summed E-state index contributed by atoms with van der Waals surface area (Å²) in [7, 11) is 0. The molecule has 1 aliphatic rings. The number of piperidine rings is 1. The van der Waals surface area contributed by atoms with Crippen molar-refractivity contribution < 1.29 is 13.2 Å². The van der Waals surface area contributed by atoms with Crippen LogP contribution in [0.5, 0.6) is 0 Å². The Kier molecular flexibility index (Phi) is 4.74. The Labute approximate surface area is 168 Å². The molecule has 3 aromatic rings. The Bertz CT molecular complexity index is 1150. The highest BCUT2D eigenvalue weighted by Crippen LogP contribution is 2.33. The van der Waals surface area contributed by atoms with Crippen LogP contribution in [0.2, 0.25) is 5.02 Å². The molecule has 10 heteroatoms. The molecular formula is C19H15ClF3N5O. The molecule has 0 amide bonds. The Morgan fingerprint density at radius 1 is 1.21 bits per heavy atom. The number of anilines is 1. The van der Waals surface area contributed by atoms with Crippen LogP contribution in [-0.4, -0.2) is 27.7 Å². The van der Waals surface area contributed by atoms with Gasteiger partial charge in [0.05, 0.1) is 0 Å². The highest BCUT2D eigenvalue weighted by molar-refractivity contribution is 6.30. The molecule has 150 valence electrons. The monoisotopic (exact) mass is 421 g/mol. The zero-order chi connectivity index (χ0) is 20.8. The van der Waals surface area contributed by atoms with E-state index in [2.05, 4.69) is 10.1 Å². The molecule has 0 radical (unpaired) electrons. The summed E-state index contributed by atoms with van der Waals surface area (Å²) in [5.41, 5.74) is -1.48. The molecule has 1 fully saturated rings. The summed E-state index contributed by atoms with van der Waals surface area (Å²) in [6.45, 7) is 1.12. The maximum absolute atomic E-state index is 13.0. The lowest BCUT2D eigenvalue weighted by Gasteiger charge is -2.32. The molecule has 0 saturated carbocycles. The van der Waals surface area contributed by atoms with E-state index >= 15 is 0 Å². The molecule has 2 aromatic heterocycles. The highest BCUT2D eigenvalue weighted by Gasteiger charge is 2.36. The Morgan fingerprint density at radius 3 is 2.45 bits per heavy atom. The number of H-pyrrole nitrogens is 1. The zero-order valence-electron chi connectivity index (χ0n) is 15.0. The molecule has 6 nitrogen and oxygen atoms in total. The largest absolute Gasteiger partial charge is 0.423 e. The standard InChI is InChI=1S/C19H15ClF3N5O/c20-13-3-1-11(2-4-13)12-5-7-27(8-6-12)17-14(9-24)16-25-10-15(19(21,22)23)18(29)28(16)26-17/h1-4,10,12,25H,5-8H2. The van der Waals surface area contributed by atoms with Crippen LogP contribution in [0.15, 0.2) is 35.3 Å². The molecule has 0 spiro atoms. The minimum absolute atomic E-state index is 0.0414. The van der Waals surface area contributed by atoms with Crippen LogP contribution >= 0.6 is 11.6 Å². The number of halogens is 4. The number of nitriles is 1.